The number of benzene rings is 2. The van der Waals surface area contributed by atoms with Gasteiger partial charge in [-0.05, 0) is 51.8 Å². The van der Waals surface area contributed by atoms with E-state index in [0.717, 1.165) is 21.5 Å². The third-order valence-electron chi connectivity index (χ3n) is 3.00. The lowest BCUT2D eigenvalue weighted by Gasteiger charge is -2.07. The van der Waals surface area contributed by atoms with Gasteiger partial charge in [-0.25, -0.2) is 0 Å². The molecule has 0 spiro atoms. The summed E-state index contributed by atoms with van der Waals surface area (Å²) in [4.78, 5) is 12.3. The molecule has 0 atom stereocenters. The first-order valence-corrected chi connectivity index (χ1v) is 6.93. The highest BCUT2D eigenvalue weighted by molar-refractivity contribution is 9.10. The number of hydrogen-bond donors (Lipinski definition) is 0. The van der Waals surface area contributed by atoms with Crippen molar-refractivity contribution in [3.63, 3.8) is 0 Å². The van der Waals surface area contributed by atoms with Gasteiger partial charge in [0.05, 0.1) is 14.2 Å². The van der Waals surface area contributed by atoms with Gasteiger partial charge >= 0.3 is 0 Å². The largest absolute Gasteiger partial charge is 0.497 e. The first kappa shape index (κ1) is 14.6. The van der Waals surface area contributed by atoms with Crippen molar-refractivity contribution < 1.29 is 14.3 Å². The average molecular weight is 335 g/mol. The Balaban J connectivity index is 2.14. The maximum Gasteiger partial charge on any atom is 0.168 e. The molecule has 104 valence electrons. The van der Waals surface area contributed by atoms with Crippen molar-refractivity contribution in [2.75, 3.05) is 14.2 Å². The van der Waals surface area contributed by atoms with E-state index >= 15 is 0 Å². The molecule has 0 unspecified atom stereocenters. The van der Waals surface area contributed by atoms with Crippen molar-refractivity contribution in [2.24, 2.45) is 0 Å². The number of rotatable bonds is 5. The van der Waals surface area contributed by atoms with Gasteiger partial charge in [-0.15, -0.1) is 0 Å². The normalized spacial score (nSPS) is 10.2. The van der Waals surface area contributed by atoms with Crippen LogP contribution in [0.25, 0.3) is 0 Å². The molecular weight excluding hydrogens is 320 g/mol. The SMILES string of the molecule is COc1ccc(CC(=O)c2ccc(OC)cc2Br)cc1. The van der Waals surface area contributed by atoms with Gasteiger partial charge in [-0.1, -0.05) is 12.1 Å². The van der Waals surface area contributed by atoms with Crippen LogP contribution in [0, 0.1) is 0 Å². The molecule has 0 radical (unpaired) electrons. The van der Waals surface area contributed by atoms with Crippen molar-refractivity contribution >= 4 is 21.7 Å². The number of ether oxygens (including phenoxy) is 2. The third kappa shape index (κ3) is 3.39. The van der Waals surface area contributed by atoms with Crippen molar-refractivity contribution in [1.82, 2.24) is 0 Å². The zero-order valence-electron chi connectivity index (χ0n) is 11.4. The molecule has 0 amide bonds. The van der Waals surface area contributed by atoms with Crippen LogP contribution in [-0.2, 0) is 6.42 Å². The second kappa shape index (κ2) is 6.57. The number of halogens is 1. The summed E-state index contributed by atoms with van der Waals surface area (Å²) in [5.74, 6) is 1.56. The smallest absolute Gasteiger partial charge is 0.168 e. The van der Waals surface area contributed by atoms with E-state index < -0.39 is 0 Å². The molecule has 0 saturated heterocycles. The number of hydrogen-bond acceptors (Lipinski definition) is 3. The first-order chi connectivity index (χ1) is 9.63. The standard InChI is InChI=1S/C16H15BrO3/c1-19-12-5-3-11(4-6-12)9-16(18)14-8-7-13(20-2)10-15(14)17/h3-8,10H,9H2,1-2H3. The van der Waals surface area contributed by atoms with Crippen LogP contribution in [0.4, 0.5) is 0 Å². The molecule has 0 heterocycles. The van der Waals surface area contributed by atoms with E-state index in [9.17, 15) is 4.79 Å². The molecule has 2 aromatic rings. The van der Waals surface area contributed by atoms with Crippen LogP contribution in [0.15, 0.2) is 46.9 Å². The molecule has 0 bridgehead atoms. The Bertz CT molecular complexity index is 606. The molecular formula is C16H15BrO3. The Morgan fingerprint density at radius 1 is 1.00 bits per heavy atom. The number of methoxy groups -OCH3 is 2. The van der Waals surface area contributed by atoms with E-state index in [1.165, 1.54) is 0 Å². The topological polar surface area (TPSA) is 35.5 Å². The molecule has 4 heteroatoms. The van der Waals surface area contributed by atoms with E-state index in [0.29, 0.717) is 12.0 Å². The van der Waals surface area contributed by atoms with E-state index in [-0.39, 0.29) is 5.78 Å². The zero-order valence-corrected chi connectivity index (χ0v) is 12.9. The predicted octanol–water partition coefficient (Wildman–Crippen LogP) is 3.89. The van der Waals surface area contributed by atoms with Gasteiger partial charge in [-0.2, -0.15) is 0 Å². The minimum Gasteiger partial charge on any atom is -0.497 e. The maximum atomic E-state index is 12.3. The Morgan fingerprint density at radius 3 is 2.15 bits per heavy atom. The van der Waals surface area contributed by atoms with Gasteiger partial charge in [0, 0.05) is 16.5 Å². The van der Waals surface area contributed by atoms with Gasteiger partial charge in [0.2, 0.25) is 0 Å². The number of carbonyl (C=O) groups is 1. The minimum absolute atomic E-state index is 0.0599. The highest BCUT2D eigenvalue weighted by Crippen LogP contribution is 2.24. The lowest BCUT2D eigenvalue weighted by Crippen LogP contribution is -2.04. The van der Waals surface area contributed by atoms with E-state index in [4.69, 9.17) is 9.47 Å². The van der Waals surface area contributed by atoms with Gasteiger partial charge in [0.1, 0.15) is 11.5 Å². The zero-order chi connectivity index (χ0) is 14.5. The minimum atomic E-state index is 0.0599. The number of ketones is 1. The maximum absolute atomic E-state index is 12.3. The molecule has 0 aromatic heterocycles. The predicted molar refractivity (Wildman–Crippen MR) is 81.7 cm³/mol. The van der Waals surface area contributed by atoms with Crippen LogP contribution < -0.4 is 9.47 Å². The highest BCUT2D eigenvalue weighted by atomic mass is 79.9. The molecule has 0 aliphatic heterocycles. The molecule has 20 heavy (non-hydrogen) atoms. The van der Waals surface area contributed by atoms with Gasteiger partial charge < -0.3 is 9.47 Å². The summed E-state index contributed by atoms with van der Waals surface area (Å²) >= 11 is 3.40. The van der Waals surface area contributed by atoms with Crippen LogP contribution >= 0.6 is 15.9 Å². The third-order valence-corrected chi connectivity index (χ3v) is 3.66. The second-order valence-corrected chi connectivity index (χ2v) is 5.15. The quantitative estimate of drug-likeness (QED) is 0.778. The number of carbonyl (C=O) groups excluding carboxylic acids is 1. The van der Waals surface area contributed by atoms with E-state index in [1.54, 1.807) is 32.4 Å². The summed E-state index contributed by atoms with van der Waals surface area (Å²) in [6.07, 6.45) is 0.356. The van der Waals surface area contributed by atoms with Crippen LogP contribution in [-0.4, -0.2) is 20.0 Å². The monoisotopic (exact) mass is 334 g/mol. The van der Waals surface area contributed by atoms with Crippen LogP contribution in [0.2, 0.25) is 0 Å². The van der Waals surface area contributed by atoms with Gasteiger partial charge in [0.25, 0.3) is 0 Å². The summed E-state index contributed by atoms with van der Waals surface area (Å²) < 4.78 is 11.0. The van der Waals surface area contributed by atoms with Gasteiger partial charge in [-0.3, -0.25) is 4.79 Å². The first-order valence-electron chi connectivity index (χ1n) is 6.13. The van der Waals surface area contributed by atoms with Crippen LogP contribution in [0.3, 0.4) is 0 Å². The van der Waals surface area contributed by atoms with Gasteiger partial charge in [0.15, 0.2) is 5.78 Å². The van der Waals surface area contributed by atoms with Crippen molar-refractivity contribution in [3.05, 3.63) is 58.1 Å². The molecule has 3 nitrogen and oxygen atoms in total. The molecule has 0 saturated carbocycles. The summed E-state index contributed by atoms with van der Waals surface area (Å²) in [5, 5.41) is 0. The summed E-state index contributed by atoms with van der Waals surface area (Å²) in [6, 6.07) is 12.8. The fraction of sp³-hybridized carbons (Fsp3) is 0.188. The van der Waals surface area contributed by atoms with E-state index in [2.05, 4.69) is 15.9 Å². The molecule has 0 N–H and O–H groups in total. The Morgan fingerprint density at radius 2 is 1.60 bits per heavy atom. The van der Waals surface area contributed by atoms with E-state index in [1.807, 2.05) is 24.3 Å². The summed E-state index contributed by atoms with van der Waals surface area (Å²) in [5.41, 5.74) is 1.61. The fourth-order valence-corrected chi connectivity index (χ4v) is 2.45. The van der Waals surface area contributed by atoms with Crippen molar-refractivity contribution in [3.8, 4) is 11.5 Å². The Labute approximate surface area is 126 Å². The highest BCUT2D eigenvalue weighted by Gasteiger charge is 2.11. The molecule has 0 aliphatic rings. The summed E-state index contributed by atoms with van der Waals surface area (Å²) in [6.45, 7) is 0. The average Bonchev–Trinajstić information content (AvgIpc) is 2.47. The van der Waals surface area contributed by atoms with Crippen molar-refractivity contribution in [2.45, 2.75) is 6.42 Å². The fourth-order valence-electron chi connectivity index (χ4n) is 1.87. The molecule has 0 fully saturated rings. The lowest BCUT2D eigenvalue weighted by molar-refractivity contribution is 0.0992. The van der Waals surface area contributed by atoms with Crippen LogP contribution in [0.5, 0.6) is 11.5 Å². The second-order valence-electron chi connectivity index (χ2n) is 4.29. The Hall–Kier alpha value is -1.81. The number of Topliss-reactive ketones (excluding diaryl/α,β-unsaturated/α-hetero) is 1. The Kier molecular flexibility index (Phi) is 4.79. The van der Waals surface area contributed by atoms with Crippen LogP contribution in [0.1, 0.15) is 15.9 Å². The summed E-state index contributed by atoms with van der Waals surface area (Å²) in [7, 11) is 3.22. The molecule has 0 aliphatic carbocycles. The molecule has 2 aromatic carbocycles. The van der Waals surface area contributed by atoms with Crippen molar-refractivity contribution in [1.29, 1.82) is 0 Å². The molecule has 2 rings (SSSR count). The lowest BCUT2D eigenvalue weighted by atomic mass is 10.0.